The van der Waals surface area contributed by atoms with Gasteiger partial charge in [-0.1, -0.05) is 0 Å². The fourth-order valence-electron chi connectivity index (χ4n) is 3.73. The molecule has 6 nitrogen and oxygen atoms in total. The minimum Gasteiger partial charge on any atom is -0.341 e. The van der Waals surface area contributed by atoms with Gasteiger partial charge in [0.2, 0.25) is 5.91 Å². The average molecular weight is 378 g/mol. The fourth-order valence-corrected chi connectivity index (χ4v) is 3.73. The van der Waals surface area contributed by atoms with Crippen LogP contribution in [-0.4, -0.2) is 71.8 Å². The van der Waals surface area contributed by atoms with E-state index < -0.39 is 0 Å². The highest BCUT2D eigenvalue weighted by Crippen LogP contribution is 2.30. The Labute approximate surface area is 156 Å². The molecule has 0 aliphatic carbocycles. The third kappa shape index (κ3) is 4.42. The van der Waals surface area contributed by atoms with Crippen LogP contribution in [0.1, 0.15) is 24.3 Å². The molecule has 3 atom stereocenters. The third-order valence-corrected chi connectivity index (χ3v) is 5.12. The lowest BCUT2D eigenvalue weighted by Gasteiger charge is -2.37. The summed E-state index contributed by atoms with van der Waals surface area (Å²) >= 11 is 0. The zero-order valence-corrected chi connectivity index (χ0v) is 16.3. The number of nitrogens with zero attached hydrogens (tertiary/aromatic N) is 4. The van der Waals surface area contributed by atoms with Gasteiger partial charge >= 0.3 is 0 Å². The summed E-state index contributed by atoms with van der Waals surface area (Å²) < 4.78 is 1.82. The monoisotopic (exact) mass is 377 g/mol. The molecule has 2 aliphatic heterocycles. The maximum absolute atomic E-state index is 13.0. The first-order chi connectivity index (χ1) is 10.6. The lowest BCUT2D eigenvalue weighted by atomic mass is 9.89. The Balaban J connectivity index is 0.00000144. The van der Waals surface area contributed by atoms with Crippen LogP contribution in [0.2, 0.25) is 0 Å². The molecule has 0 bridgehead atoms. The molecule has 2 fully saturated rings. The SMILES string of the molecule is CN(C)C1CCCN(C(=O)[C@H]2CNC[C@@H]2c2cnn(C)c2)C1.Cl.Cl. The molecule has 2 saturated heterocycles. The van der Waals surface area contributed by atoms with Crippen LogP contribution in [0.4, 0.5) is 0 Å². The van der Waals surface area contributed by atoms with Gasteiger partial charge in [-0.25, -0.2) is 0 Å². The Bertz CT molecular complexity index is 536. The summed E-state index contributed by atoms with van der Waals surface area (Å²) in [5.74, 6) is 0.608. The van der Waals surface area contributed by atoms with Crippen molar-refractivity contribution in [3.05, 3.63) is 18.0 Å². The summed E-state index contributed by atoms with van der Waals surface area (Å²) in [6, 6.07) is 0.490. The van der Waals surface area contributed by atoms with Crippen molar-refractivity contribution < 1.29 is 4.79 Å². The van der Waals surface area contributed by atoms with E-state index in [4.69, 9.17) is 0 Å². The van der Waals surface area contributed by atoms with Gasteiger partial charge < -0.3 is 15.1 Å². The molecule has 24 heavy (non-hydrogen) atoms. The zero-order valence-electron chi connectivity index (χ0n) is 14.6. The molecule has 1 aromatic heterocycles. The Morgan fingerprint density at radius 3 is 2.71 bits per heavy atom. The molecule has 0 radical (unpaired) electrons. The van der Waals surface area contributed by atoms with E-state index in [1.54, 1.807) is 0 Å². The van der Waals surface area contributed by atoms with E-state index in [0.29, 0.717) is 11.9 Å². The van der Waals surface area contributed by atoms with Crippen molar-refractivity contribution in [3.63, 3.8) is 0 Å². The van der Waals surface area contributed by atoms with E-state index in [1.165, 1.54) is 12.0 Å². The van der Waals surface area contributed by atoms with Gasteiger partial charge in [-0.05, 0) is 32.5 Å². The Kier molecular flexibility index (Phi) is 7.99. The Morgan fingerprint density at radius 2 is 2.08 bits per heavy atom. The van der Waals surface area contributed by atoms with Crippen molar-refractivity contribution in [2.24, 2.45) is 13.0 Å². The number of aromatic nitrogens is 2. The van der Waals surface area contributed by atoms with Gasteiger partial charge in [0.05, 0.1) is 12.1 Å². The number of likely N-dealkylation sites (tertiary alicyclic amines) is 1. The van der Waals surface area contributed by atoms with Gasteiger partial charge in [0.15, 0.2) is 0 Å². The summed E-state index contributed by atoms with van der Waals surface area (Å²) in [4.78, 5) is 17.3. The first-order valence-electron chi connectivity index (χ1n) is 8.20. The van der Waals surface area contributed by atoms with Crippen LogP contribution in [0.25, 0.3) is 0 Å². The second-order valence-corrected chi connectivity index (χ2v) is 6.86. The maximum Gasteiger partial charge on any atom is 0.227 e. The van der Waals surface area contributed by atoms with Gasteiger partial charge in [-0.15, -0.1) is 24.8 Å². The normalized spacial score (nSPS) is 26.8. The summed E-state index contributed by atoms with van der Waals surface area (Å²) in [5, 5.41) is 7.65. The van der Waals surface area contributed by atoms with Crippen LogP contribution in [-0.2, 0) is 11.8 Å². The predicted octanol–water partition coefficient (Wildman–Crippen LogP) is 1.12. The second-order valence-electron chi connectivity index (χ2n) is 6.86. The fraction of sp³-hybridized carbons (Fsp3) is 0.750. The smallest absolute Gasteiger partial charge is 0.227 e. The van der Waals surface area contributed by atoms with Crippen molar-refractivity contribution in [1.82, 2.24) is 24.9 Å². The van der Waals surface area contributed by atoms with Crippen LogP contribution >= 0.6 is 24.8 Å². The molecule has 3 heterocycles. The van der Waals surface area contributed by atoms with E-state index in [2.05, 4.69) is 34.3 Å². The molecular weight excluding hydrogens is 349 g/mol. The number of aryl methyl sites for hydroxylation is 1. The molecule has 1 N–H and O–H groups in total. The van der Waals surface area contributed by atoms with Crippen molar-refractivity contribution in [1.29, 1.82) is 0 Å². The van der Waals surface area contributed by atoms with Crippen LogP contribution in [0.15, 0.2) is 12.4 Å². The molecule has 0 aromatic carbocycles. The molecule has 3 rings (SSSR count). The topological polar surface area (TPSA) is 53.4 Å². The van der Waals surface area contributed by atoms with Gasteiger partial charge in [-0.2, -0.15) is 5.10 Å². The average Bonchev–Trinajstić information content (AvgIpc) is 3.15. The summed E-state index contributed by atoms with van der Waals surface area (Å²) in [7, 11) is 6.14. The largest absolute Gasteiger partial charge is 0.341 e. The minimum absolute atomic E-state index is 0. The molecule has 8 heteroatoms. The third-order valence-electron chi connectivity index (χ3n) is 5.12. The van der Waals surface area contributed by atoms with Gasteiger partial charge in [0, 0.05) is 51.4 Å². The summed E-state index contributed by atoms with van der Waals surface area (Å²) in [5.41, 5.74) is 1.17. The van der Waals surface area contributed by atoms with Crippen LogP contribution in [0.5, 0.6) is 0 Å². The number of likely N-dealkylation sites (N-methyl/N-ethyl adjacent to an activating group) is 1. The summed E-state index contributed by atoms with van der Waals surface area (Å²) in [6.07, 6.45) is 6.23. The number of rotatable bonds is 3. The minimum atomic E-state index is 0. The van der Waals surface area contributed by atoms with Crippen LogP contribution in [0.3, 0.4) is 0 Å². The Morgan fingerprint density at radius 1 is 1.33 bits per heavy atom. The number of nitrogens with one attached hydrogen (secondary N) is 1. The van der Waals surface area contributed by atoms with Gasteiger partial charge in [-0.3, -0.25) is 9.48 Å². The number of hydrogen-bond acceptors (Lipinski definition) is 4. The van der Waals surface area contributed by atoms with Crippen LogP contribution < -0.4 is 5.32 Å². The molecule has 138 valence electrons. The predicted molar refractivity (Wildman–Crippen MR) is 100 cm³/mol. The highest BCUT2D eigenvalue weighted by Gasteiger charge is 2.38. The number of carbonyl (C=O) groups is 1. The first-order valence-corrected chi connectivity index (χ1v) is 8.20. The molecule has 0 saturated carbocycles. The van der Waals surface area contributed by atoms with Crippen LogP contribution in [0, 0.1) is 5.92 Å². The molecule has 1 aromatic rings. The second kappa shape index (κ2) is 9.04. The standard InChI is InChI=1S/C16H27N5O.2ClH/c1-19(2)13-5-4-6-21(11-13)16(22)15-9-17-8-14(15)12-7-18-20(3)10-12;;/h7,10,13-15,17H,4-6,8-9,11H2,1-3H3;2*1H/t13?,14-,15+;;/m1../s1. The van der Waals surface area contributed by atoms with Crippen molar-refractivity contribution in [2.75, 3.05) is 40.3 Å². The number of halogens is 2. The number of amides is 1. The molecule has 0 spiro atoms. The van der Waals surface area contributed by atoms with Crippen molar-refractivity contribution in [3.8, 4) is 0 Å². The van der Waals surface area contributed by atoms with Crippen molar-refractivity contribution in [2.45, 2.75) is 24.8 Å². The van der Waals surface area contributed by atoms with E-state index in [0.717, 1.165) is 32.6 Å². The van der Waals surface area contributed by atoms with Crippen molar-refractivity contribution >= 4 is 30.7 Å². The zero-order chi connectivity index (χ0) is 15.7. The molecule has 2 aliphatic rings. The quantitative estimate of drug-likeness (QED) is 0.857. The first kappa shape index (κ1) is 21.2. The van der Waals surface area contributed by atoms with E-state index in [-0.39, 0.29) is 36.6 Å². The maximum atomic E-state index is 13.0. The lowest BCUT2D eigenvalue weighted by molar-refractivity contribution is -0.137. The highest BCUT2D eigenvalue weighted by atomic mass is 35.5. The number of hydrogen-bond donors (Lipinski definition) is 1. The number of carbonyl (C=O) groups excluding carboxylic acids is 1. The molecule has 1 unspecified atom stereocenters. The highest BCUT2D eigenvalue weighted by molar-refractivity contribution is 5.85. The lowest BCUT2D eigenvalue weighted by Crippen LogP contribution is -2.50. The van der Waals surface area contributed by atoms with E-state index in [9.17, 15) is 4.79 Å². The van der Waals surface area contributed by atoms with E-state index >= 15 is 0 Å². The summed E-state index contributed by atoms with van der Waals surface area (Å²) in [6.45, 7) is 3.41. The Hall–Kier alpha value is -0.820. The number of piperidine rings is 1. The van der Waals surface area contributed by atoms with Gasteiger partial charge in [0.1, 0.15) is 0 Å². The molecule has 1 amide bonds. The van der Waals surface area contributed by atoms with E-state index in [1.807, 2.05) is 24.1 Å². The molecular formula is C16H29Cl2N5O. The van der Waals surface area contributed by atoms with Gasteiger partial charge in [0.25, 0.3) is 0 Å².